The maximum atomic E-state index is 12.9. The first kappa shape index (κ1) is 17.9. The zero-order valence-corrected chi connectivity index (χ0v) is 15.9. The number of hydrogen-bond acceptors (Lipinski definition) is 4. The Balaban J connectivity index is 1.41. The number of aromatic amines is 1. The Hall–Kier alpha value is -2.44. The average molecular weight is 366 g/mol. The second-order valence-corrected chi connectivity index (χ2v) is 7.70. The van der Waals surface area contributed by atoms with E-state index in [2.05, 4.69) is 14.9 Å². The van der Waals surface area contributed by atoms with E-state index in [-0.39, 0.29) is 5.78 Å². The molecule has 0 aliphatic carbocycles. The summed E-state index contributed by atoms with van der Waals surface area (Å²) in [6.07, 6.45) is 4.98. The second kappa shape index (κ2) is 6.94. The summed E-state index contributed by atoms with van der Waals surface area (Å²) in [5.41, 5.74) is 1.98. The van der Waals surface area contributed by atoms with Crippen LogP contribution >= 0.6 is 0 Å². The van der Waals surface area contributed by atoms with Crippen molar-refractivity contribution < 1.29 is 9.90 Å². The number of para-hydroxylation sites is 1. The van der Waals surface area contributed by atoms with Gasteiger partial charge in [-0.25, -0.2) is 4.98 Å². The molecule has 1 aliphatic heterocycles. The lowest BCUT2D eigenvalue weighted by molar-refractivity contribution is -0.0331. The summed E-state index contributed by atoms with van der Waals surface area (Å²) >= 11 is 0. The predicted octanol–water partition coefficient (Wildman–Crippen LogP) is 2.69. The summed E-state index contributed by atoms with van der Waals surface area (Å²) in [6.45, 7) is 6.29. The fourth-order valence-corrected chi connectivity index (χ4v) is 4.09. The molecule has 4 rings (SSSR count). The number of aromatic nitrogens is 3. The largest absolute Gasteiger partial charge is 0.388 e. The molecule has 6 nitrogen and oxygen atoms in total. The van der Waals surface area contributed by atoms with Gasteiger partial charge in [-0.3, -0.25) is 9.69 Å². The van der Waals surface area contributed by atoms with Gasteiger partial charge >= 0.3 is 0 Å². The molecule has 27 heavy (non-hydrogen) atoms. The van der Waals surface area contributed by atoms with Crippen LogP contribution in [0, 0.1) is 13.8 Å². The van der Waals surface area contributed by atoms with Crippen molar-refractivity contribution >= 4 is 16.7 Å². The normalized spacial score (nSPS) is 17.4. The van der Waals surface area contributed by atoms with E-state index in [4.69, 9.17) is 0 Å². The number of fused-ring (bicyclic) bond motifs is 1. The number of ketones is 1. The SMILES string of the molecule is Cc1[nH]c2ccccc2c1C(=O)CN1CCC(O)(Cn2ccnc2C)CC1. The van der Waals surface area contributed by atoms with Crippen LogP contribution in [0.4, 0.5) is 0 Å². The second-order valence-electron chi connectivity index (χ2n) is 7.70. The van der Waals surface area contributed by atoms with Crippen molar-refractivity contribution in [2.45, 2.75) is 38.8 Å². The van der Waals surface area contributed by atoms with E-state index in [1.165, 1.54) is 0 Å². The molecule has 0 saturated carbocycles. The van der Waals surface area contributed by atoms with Gasteiger partial charge in [0, 0.05) is 47.6 Å². The smallest absolute Gasteiger partial charge is 0.179 e. The van der Waals surface area contributed by atoms with Crippen molar-refractivity contribution in [3.63, 3.8) is 0 Å². The molecule has 1 fully saturated rings. The first-order valence-electron chi connectivity index (χ1n) is 9.48. The topological polar surface area (TPSA) is 74.2 Å². The molecule has 142 valence electrons. The highest BCUT2D eigenvalue weighted by Gasteiger charge is 2.33. The predicted molar refractivity (Wildman–Crippen MR) is 105 cm³/mol. The molecule has 0 bridgehead atoms. The molecule has 0 radical (unpaired) electrons. The maximum Gasteiger partial charge on any atom is 0.179 e. The van der Waals surface area contributed by atoms with Crippen LogP contribution < -0.4 is 0 Å². The third-order valence-electron chi connectivity index (χ3n) is 5.71. The number of piperidine rings is 1. The summed E-state index contributed by atoms with van der Waals surface area (Å²) in [7, 11) is 0. The summed E-state index contributed by atoms with van der Waals surface area (Å²) < 4.78 is 2.00. The van der Waals surface area contributed by atoms with Crippen LogP contribution in [0.15, 0.2) is 36.7 Å². The van der Waals surface area contributed by atoms with Gasteiger partial charge < -0.3 is 14.7 Å². The number of nitrogens with zero attached hydrogens (tertiary/aromatic N) is 3. The van der Waals surface area contributed by atoms with E-state index >= 15 is 0 Å². The Labute approximate surface area is 158 Å². The van der Waals surface area contributed by atoms with Gasteiger partial charge in [0.2, 0.25) is 0 Å². The number of imidazole rings is 1. The Morgan fingerprint density at radius 3 is 2.70 bits per heavy atom. The zero-order valence-electron chi connectivity index (χ0n) is 15.9. The van der Waals surface area contributed by atoms with Crippen LogP contribution in [0.1, 0.15) is 34.7 Å². The molecular formula is C21H26N4O2. The monoisotopic (exact) mass is 366 g/mol. The molecule has 1 aliphatic rings. The van der Waals surface area contributed by atoms with E-state index in [0.29, 0.717) is 25.9 Å². The van der Waals surface area contributed by atoms with Crippen LogP contribution in [0.25, 0.3) is 10.9 Å². The zero-order chi connectivity index (χ0) is 19.0. The van der Waals surface area contributed by atoms with E-state index < -0.39 is 5.60 Å². The summed E-state index contributed by atoms with van der Waals surface area (Å²) in [5.74, 6) is 1.05. The van der Waals surface area contributed by atoms with Gasteiger partial charge in [-0.2, -0.15) is 0 Å². The first-order chi connectivity index (χ1) is 13.0. The molecule has 3 heterocycles. The molecule has 0 amide bonds. The third-order valence-corrected chi connectivity index (χ3v) is 5.71. The van der Waals surface area contributed by atoms with Crippen LogP contribution in [-0.2, 0) is 6.54 Å². The summed E-state index contributed by atoms with van der Waals surface area (Å²) in [6, 6.07) is 7.93. The molecule has 6 heteroatoms. The molecule has 0 atom stereocenters. The Morgan fingerprint density at radius 2 is 2.00 bits per heavy atom. The Bertz CT molecular complexity index is 964. The van der Waals surface area contributed by atoms with Gasteiger partial charge in [0.1, 0.15) is 5.82 Å². The lowest BCUT2D eigenvalue weighted by Gasteiger charge is -2.38. The standard InChI is InChI=1S/C21H26N4O2/c1-15-20(17-5-3-4-6-18(17)23-15)19(26)13-24-10-7-21(27,8-11-24)14-25-12-9-22-16(25)2/h3-6,9,12,23,27H,7-8,10-11,13-14H2,1-2H3. The van der Waals surface area contributed by atoms with E-state index in [0.717, 1.165) is 41.1 Å². The minimum absolute atomic E-state index is 0.140. The maximum absolute atomic E-state index is 12.9. The molecule has 0 unspecified atom stereocenters. The fourth-order valence-electron chi connectivity index (χ4n) is 4.09. The van der Waals surface area contributed by atoms with E-state index in [9.17, 15) is 9.90 Å². The number of aliphatic hydroxyl groups is 1. The minimum Gasteiger partial charge on any atom is -0.388 e. The van der Waals surface area contributed by atoms with Gasteiger partial charge in [0.25, 0.3) is 0 Å². The molecule has 2 N–H and O–H groups in total. The Morgan fingerprint density at radius 1 is 1.26 bits per heavy atom. The van der Waals surface area contributed by atoms with Crippen molar-refractivity contribution in [2.75, 3.05) is 19.6 Å². The van der Waals surface area contributed by atoms with Gasteiger partial charge in [0.15, 0.2) is 5.78 Å². The third kappa shape index (κ3) is 3.55. The molecule has 2 aromatic heterocycles. The van der Waals surface area contributed by atoms with Crippen molar-refractivity contribution in [3.8, 4) is 0 Å². The quantitative estimate of drug-likeness (QED) is 0.681. The number of Topliss-reactive ketones (excluding diaryl/α,β-unsaturated/α-hetero) is 1. The highest BCUT2D eigenvalue weighted by atomic mass is 16.3. The van der Waals surface area contributed by atoms with Gasteiger partial charge in [0.05, 0.1) is 18.7 Å². The van der Waals surface area contributed by atoms with Crippen molar-refractivity contribution in [1.29, 1.82) is 0 Å². The number of H-pyrrole nitrogens is 1. The Kier molecular flexibility index (Phi) is 4.61. The molecule has 1 aromatic carbocycles. The molecule has 1 saturated heterocycles. The fraction of sp³-hybridized carbons (Fsp3) is 0.429. The molecule has 0 spiro atoms. The summed E-state index contributed by atoms with van der Waals surface area (Å²) in [4.78, 5) is 22.6. The van der Waals surface area contributed by atoms with Crippen LogP contribution in [0.5, 0.6) is 0 Å². The molecular weight excluding hydrogens is 340 g/mol. The van der Waals surface area contributed by atoms with Gasteiger partial charge in [-0.1, -0.05) is 18.2 Å². The average Bonchev–Trinajstić information content (AvgIpc) is 3.19. The highest BCUT2D eigenvalue weighted by molar-refractivity contribution is 6.10. The molecule has 3 aromatic rings. The highest BCUT2D eigenvalue weighted by Crippen LogP contribution is 2.26. The number of carbonyl (C=O) groups excluding carboxylic acids is 1. The number of likely N-dealkylation sites (tertiary alicyclic amines) is 1. The number of rotatable bonds is 5. The minimum atomic E-state index is -0.734. The van der Waals surface area contributed by atoms with Crippen molar-refractivity contribution in [1.82, 2.24) is 19.4 Å². The number of aryl methyl sites for hydroxylation is 2. The van der Waals surface area contributed by atoms with Crippen LogP contribution in [0.2, 0.25) is 0 Å². The van der Waals surface area contributed by atoms with Crippen molar-refractivity contribution in [2.24, 2.45) is 0 Å². The van der Waals surface area contributed by atoms with Crippen LogP contribution in [0.3, 0.4) is 0 Å². The lowest BCUT2D eigenvalue weighted by atomic mass is 9.91. The van der Waals surface area contributed by atoms with Crippen LogP contribution in [-0.4, -0.2) is 55.6 Å². The van der Waals surface area contributed by atoms with E-state index in [1.807, 2.05) is 48.9 Å². The van der Waals surface area contributed by atoms with Crippen molar-refractivity contribution in [3.05, 3.63) is 53.7 Å². The number of carbonyl (C=O) groups is 1. The number of benzene rings is 1. The number of hydrogen-bond donors (Lipinski definition) is 2. The number of nitrogens with one attached hydrogen (secondary N) is 1. The first-order valence-corrected chi connectivity index (χ1v) is 9.48. The van der Waals surface area contributed by atoms with Gasteiger partial charge in [-0.15, -0.1) is 0 Å². The van der Waals surface area contributed by atoms with E-state index in [1.54, 1.807) is 6.20 Å². The summed E-state index contributed by atoms with van der Waals surface area (Å²) in [5, 5.41) is 11.9. The lowest BCUT2D eigenvalue weighted by Crippen LogP contribution is -2.48. The van der Waals surface area contributed by atoms with Gasteiger partial charge in [-0.05, 0) is 32.8 Å².